The fourth-order valence-corrected chi connectivity index (χ4v) is 2.79. The van der Waals surface area contributed by atoms with Crippen molar-refractivity contribution in [1.29, 1.82) is 0 Å². The summed E-state index contributed by atoms with van der Waals surface area (Å²) in [6, 6.07) is 13.1. The number of carbonyl (C=O) groups excluding carboxylic acids is 2. The highest BCUT2D eigenvalue weighted by molar-refractivity contribution is 5.88. The highest BCUT2D eigenvalue weighted by atomic mass is 19.1. The van der Waals surface area contributed by atoms with Gasteiger partial charge >= 0.3 is 0 Å². The normalized spacial score (nSPS) is 11.7. The fourth-order valence-electron chi connectivity index (χ4n) is 2.79. The first kappa shape index (κ1) is 19.6. The molecule has 0 aliphatic carbocycles. The predicted octanol–water partition coefficient (Wildman–Crippen LogP) is 3.23. The average Bonchev–Trinajstić information content (AvgIpc) is 2.60. The number of hydrogen-bond acceptors (Lipinski definition) is 2. The summed E-state index contributed by atoms with van der Waals surface area (Å²) >= 11 is 0. The van der Waals surface area contributed by atoms with E-state index in [1.165, 1.54) is 12.1 Å². The molecule has 0 unspecified atom stereocenters. The van der Waals surface area contributed by atoms with Crippen molar-refractivity contribution in [2.24, 2.45) is 0 Å². The smallest absolute Gasteiger partial charge is 0.242 e. The zero-order valence-electron chi connectivity index (χ0n) is 15.5. The first-order valence-electron chi connectivity index (χ1n) is 8.78. The van der Waals surface area contributed by atoms with E-state index in [1.807, 2.05) is 38.1 Å². The fraction of sp³-hybridized carbons (Fsp3) is 0.333. The van der Waals surface area contributed by atoms with Crippen molar-refractivity contribution >= 4 is 11.8 Å². The lowest BCUT2D eigenvalue weighted by molar-refractivity contribution is -0.140. The number of amides is 2. The van der Waals surface area contributed by atoms with Gasteiger partial charge in [-0.2, -0.15) is 0 Å². The Morgan fingerprint density at radius 1 is 1.12 bits per heavy atom. The van der Waals surface area contributed by atoms with Crippen molar-refractivity contribution in [3.63, 3.8) is 0 Å². The van der Waals surface area contributed by atoms with Crippen molar-refractivity contribution in [2.75, 3.05) is 6.54 Å². The quantitative estimate of drug-likeness (QED) is 0.828. The number of nitrogens with one attached hydrogen (secondary N) is 1. The molecule has 2 aromatic rings. The molecule has 0 radical (unpaired) electrons. The minimum atomic E-state index is -0.614. The third-order valence-electron chi connectivity index (χ3n) is 4.22. The highest BCUT2D eigenvalue weighted by Gasteiger charge is 2.25. The van der Waals surface area contributed by atoms with Crippen LogP contribution in [0.25, 0.3) is 0 Å². The Hall–Kier alpha value is -2.69. The third-order valence-corrected chi connectivity index (χ3v) is 4.22. The van der Waals surface area contributed by atoms with Gasteiger partial charge in [-0.05, 0) is 44.0 Å². The number of carbonyl (C=O) groups is 2. The van der Waals surface area contributed by atoms with E-state index in [0.717, 1.165) is 16.7 Å². The second kappa shape index (κ2) is 9.13. The van der Waals surface area contributed by atoms with E-state index in [2.05, 4.69) is 5.32 Å². The molecule has 0 fully saturated rings. The van der Waals surface area contributed by atoms with Crippen LogP contribution in [0.4, 0.5) is 4.39 Å². The lowest BCUT2D eigenvalue weighted by atomic mass is 10.1. The maximum atomic E-state index is 13.2. The highest BCUT2D eigenvalue weighted by Crippen LogP contribution is 2.14. The topological polar surface area (TPSA) is 49.4 Å². The molecule has 0 heterocycles. The van der Waals surface area contributed by atoms with Gasteiger partial charge in [-0.15, -0.1) is 0 Å². The van der Waals surface area contributed by atoms with Gasteiger partial charge in [-0.25, -0.2) is 4.39 Å². The molecule has 1 N–H and O–H groups in total. The summed E-state index contributed by atoms with van der Waals surface area (Å²) in [5.74, 6) is -0.672. The average molecular weight is 356 g/mol. The Balaban J connectivity index is 2.21. The second-order valence-electron chi connectivity index (χ2n) is 6.38. The minimum absolute atomic E-state index is 0.140. The molecule has 0 aliphatic rings. The maximum absolute atomic E-state index is 13.2. The van der Waals surface area contributed by atoms with Crippen LogP contribution in [-0.2, 0) is 22.6 Å². The van der Waals surface area contributed by atoms with Crippen molar-refractivity contribution in [3.8, 4) is 0 Å². The van der Waals surface area contributed by atoms with E-state index < -0.39 is 6.04 Å². The van der Waals surface area contributed by atoms with Gasteiger partial charge in [-0.1, -0.05) is 42.0 Å². The van der Waals surface area contributed by atoms with Crippen molar-refractivity contribution in [1.82, 2.24) is 10.2 Å². The van der Waals surface area contributed by atoms with Gasteiger partial charge in [0.05, 0.1) is 6.42 Å². The third kappa shape index (κ3) is 5.41. The van der Waals surface area contributed by atoms with E-state index in [9.17, 15) is 14.0 Å². The van der Waals surface area contributed by atoms with E-state index in [1.54, 1.807) is 24.0 Å². The van der Waals surface area contributed by atoms with Crippen LogP contribution in [0.1, 0.15) is 30.5 Å². The molecule has 2 amide bonds. The number of benzene rings is 2. The number of likely N-dealkylation sites (N-methyl/N-ethyl adjacent to an activating group) is 1. The van der Waals surface area contributed by atoms with Gasteiger partial charge in [0.15, 0.2) is 0 Å². The van der Waals surface area contributed by atoms with Crippen LogP contribution in [0.2, 0.25) is 0 Å². The van der Waals surface area contributed by atoms with Gasteiger partial charge in [0, 0.05) is 13.1 Å². The van der Waals surface area contributed by atoms with Crippen LogP contribution in [0.15, 0.2) is 48.5 Å². The number of hydrogen-bond donors (Lipinski definition) is 1. The van der Waals surface area contributed by atoms with Crippen LogP contribution in [0.5, 0.6) is 0 Å². The molecule has 2 aromatic carbocycles. The Labute approximate surface area is 154 Å². The standard InChI is InChI=1S/C21H25FN2O2/c1-4-23-21(26)16(3)24(14-17-8-10-19(22)11-9-17)20(25)13-18-7-5-6-15(2)12-18/h5-12,16H,4,13-14H2,1-3H3,(H,23,26)/t16-/m1/s1. The lowest BCUT2D eigenvalue weighted by Gasteiger charge is -2.29. The number of aryl methyl sites for hydroxylation is 1. The predicted molar refractivity (Wildman–Crippen MR) is 100.0 cm³/mol. The van der Waals surface area contributed by atoms with Gasteiger partial charge in [0.1, 0.15) is 11.9 Å². The molecule has 0 aliphatic heterocycles. The molecule has 0 bridgehead atoms. The van der Waals surface area contributed by atoms with Crippen LogP contribution >= 0.6 is 0 Å². The molecule has 0 saturated carbocycles. The van der Waals surface area contributed by atoms with Crippen LogP contribution in [-0.4, -0.2) is 29.3 Å². The molecule has 0 spiro atoms. The molecule has 1 atom stereocenters. The molecule has 0 saturated heterocycles. The molecular formula is C21H25FN2O2. The Bertz CT molecular complexity index is 759. The zero-order chi connectivity index (χ0) is 19.1. The molecule has 2 rings (SSSR count). The summed E-state index contributed by atoms with van der Waals surface area (Å²) in [5, 5.41) is 2.76. The summed E-state index contributed by atoms with van der Waals surface area (Å²) < 4.78 is 13.2. The number of halogens is 1. The summed E-state index contributed by atoms with van der Waals surface area (Å²) in [7, 11) is 0. The first-order valence-corrected chi connectivity index (χ1v) is 8.78. The van der Waals surface area contributed by atoms with E-state index in [-0.39, 0.29) is 30.6 Å². The van der Waals surface area contributed by atoms with Crippen LogP contribution in [0.3, 0.4) is 0 Å². The SMILES string of the molecule is CCNC(=O)[C@@H](C)N(Cc1ccc(F)cc1)C(=O)Cc1cccc(C)c1. The van der Waals surface area contributed by atoms with Crippen LogP contribution in [0, 0.1) is 12.7 Å². The van der Waals surface area contributed by atoms with E-state index in [4.69, 9.17) is 0 Å². The molecule has 5 heteroatoms. The van der Waals surface area contributed by atoms with Crippen LogP contribution < -0.4 is 5.32 Å². The van der Waals surface area contributed by atoms with Gasteiger partial charge in [0.25, 0.3) is 0 Å². The van der Waals surface area contributed by atoms with Crippen molar-refractivity contribution < 1.29 is 14.0 Å². The molecule has 138 valence electrons. The molecule has 26 heavy (non-hydrogen) atoms. The summed E-state index contributed by atoms with van der Waals surface area (Å²) in [4.78, 5) is 26.7. The maximum Gasteiger partial charge on any atom is 0.242 e. The largest absolute Gasteiger partial charge is 0.355 e. The number of rotatable bonds is 7. The summed E-state index contributed by atoms with van der Waals surface area (Å²) in [6.07, 6.45) is 0.215. The van der Waals surface area contributed by atoms with E-state index in [0.29, 0.717) is 6.54 Å². The second-order valence-corrected chi connectivity index (χ2v) is 6.38. The number of nitrogens with zero attached hydrogens (tertiary/aromatic N) is 1. The van der Waals surface area contributed by atoms with Gasteiger partial charge in [-0.3, -0.25) is 9.59 Å². The van der Waals surface area contributed by atoms with Gasteiger partial charge in [0.2, 0.25) is 11.8 Å². The van der Waals surface area contributed by atoms with Gasteiger partial charge < -0.3 is 10.2 Å². The monoisotopic (exact) mass is 356 g/mol. The minimum Gasteiger partial charge on any atom is -0.355 e. The van der Waals surface area contributed by atoms with Crippen molar-refractivity contribution in [2.45, 2.75) is 39.8 Å². The summed E-state index contributed by atoms with van der Waals surface area (Å²) in [5.41, 5.74) is 2.76. The molecular weight excluding hydrogens is 331 g/mol. The Morgan fingerprint density at radius 2 is 1.81 bits per heavy atom. The zero-order valence-corrected chi connectivity index (χ0v) is 15.5. The Morgan fingerprint density at radius 3 is 2.42 bits per heavy atom. The summed E-state index contributed by atoms with van der Waals surface area (Å²) in [6.45, 7) is 6.27. The first-order chi connectivity index (χ1) is 12.4. The lowest BCUT2D eigenvalue weighted by Crippen LogP contribution is -2.48. The Kier molecular flexibility index (Phi) is 6.89. The van der Waals surface area contributed by atoms with E-state index >= 15 is 0 Å². The van der Waals surface area contributed by atoms with Crippen molar-refractivity contribution in [3.05, 3.63) is 71.0 Å². The molecule has 4 nitrogen and oxygen atoms in total. The molecule has 0 aromatic heterocycles.